The average molecular weight is 311 g/mol. The second-order valence-electron chi connectivity index (χ2n) is 4.53. The molecule has 1 heterocycles. The second kappa shape index (κ2) is 5.81. The summed E-state index contributed by atoms with van der Waals surface area (Å²) >= 11 is 6.11. The van der Waals surface area contributed by atoms with Crippen molar-refractivity contribution >= 4 is 27.1 Å². The van der Waals surface area contributed by atoms with Gasteiger partial charge in [-0.1, -0.05) is 17.7 Å². The van der Waals surface area contributed by atoms with Crippen LogP contribution in [0.3, 0.4) is 0 Å². The number of rotatable bonds is 4. The molecule has 0 saturated carbocycles. The minimum absolute atomic E-state index is 0.248. The molecular weight excluding hydrogens is 296 g/mol. The fraction of sp³-hybridized carbons (Fsp3) is 0.214. The highest BCUT2D eigenvalue weighted by molar-refractivity contribution is 7.90. The fourth-order valence-electron chi connectivity index (χ4n) is 1.82. The molecule has 4 nitrogen and oxygen atoms in total. The predicted molar refractivity (Wildman–Crippen MR) is 80.9 cm³/mol. The normalized spacial score (nSPS) is 11.3. The average Bonchev–Trinajstić information content (AvgIpc) is 2.38. The lowest BCUT2D eigenvalue weighted by Gasteiger charge is -2.12. The Balaban J connectivity index is 2.27. The van der Waals surface area contributed by atoms with Crippen molar-refractivity contribution in [2.75, 3.05) is 11.6 Å². The third kappa shape index (κ3) is 3.49. The maximum atomic E-state index is 11.8. The van der Waals surface area contributed by atoms with Gasteiger partial charge < -0.3 is 5.32 Å². The lowest BCUT2D eigenvalue weighted by atomic mass is 10.2. The number of aromatic nitrogens is 1. The van der Waals surface area contributed by atoms with Gasteiger partial charge in [0.1, 0.15) is 0 Å². The zero-order chi connectivity index (χ0) is 14.8. The Bertz CT molecular complexity index is 712. The van der Waals surface area contributed by atoms with Crippen molar-refractivity contribution in [2.45, 2.75) is 18.4 Å². The highest BCUT2D eigenvalue weighted by Gasteiger charge is 2.15. The van der Waals surface area contributed by atoms with Crippen molar-refractivity contribution in [1.82, 2.24) is 4.98 Å². The molecule has 2 aromatic rings. The largest absolute Gasteiger partial charge is 0.380 e. The Morgan fingerprint density at radius 1 is 1.25 bits per heavy atom. The van der Waals surface area contributed by atoms with Gasteiger partial charge in [0.15, 0.2) is 9.84 Å². The SMILES string of the molecule is Cc1ccc(NCc2c(Cl)cccc2S(C)(=O)=O)cn1. The van der Waals surface area contributed by atoms with Crippen LogP contribution in [0.15, 0.2) is 41.4 Å². The highest BCUT2D eigenvalue weighted by atomic mass is 35.5. The van der Waals surface area contributed by atoms with Crippen LogP contribution < -0.4 is 5.32 Å². The molecule has 0 fully saturated rings. The Morgan fingerprint density at radius 2 is 2.00 bits per heavy atom. The molecule has 0 atom stereocenters. The van der Waals surface area contributed by atoms with Crippen molar-refractivity contribution in [3.8, 4) is 0 Å². The van der Waals surface area contributed by atoms with E-state index in [1.54, 1.807) is 24.4 Å². The number of anilines is 1. The number of nitrogens with one attached hydrogen (secondary N) is 1. The Labute approximate surface area is 123 Å². The van der Waals surface area contributed by atoms with Crippen LogP contribution in [-0.4, -0.2) is 19.7 Å². The van der Waals surface area contributed by atoms with E-state index < -0.39 is 9.84 Å². The smallest absolute Gasteiger partial charge is 0.175 e. The summed E-state index contributed by atoms with van der Waals surface area (Å²) < 4.78 is 23.5. The molecule has 106 valence electrons. The molecule has 0 aliphatic carbocycles. The third-order valence-corrected chi connectivity index (χ3v) is 4.39. The first-order valence-electron chi connectivity index (χ1n) is 6.02. The van der Waals surface area contributed by atoms with Crippen LogP contribution in [0, 0.1) is 6.92 Å². The quantitative estimate of drug-likeness (QED) is 0.943. The zero-order valence-corrected chi connectivity index (χ0v) is 12.8. The lowest BCUT2D eigenvalue weighted by molar-refractivity contribution is 0.601. The molecule has 6 heteroatoms. The summed E-state index contributed by atoms with van der Waals surface area (Å²) in [7, 11) is -3.31. The van der Waals surface area contributed by atoms with Crippen molar-refractivity contribution in [1.29, 1.82) is 0 Å². The standard InChI is InChI=1S/C14H15ClN2O2S/c1-10-6-7-11(8-16-10)17-9-12-13(15)4-3-5-14(12)20(2,18)19/h3-8,17H,9H2,1-2H3. The predicted octanol–water partition coefficient (Wildman–Crippen LogP) is 3.06. The fourth-order valence-corrected chi connectivity index (χ4v) is 3.07. The van der Waals surface area contributed by atoms with Crippen LogP contribution in [0.1, 0.15) is 11.3 Å². The minimum Gasteiger partial charge on any atom is -0.380 e. The molecule has 0 radical (unpaired) electrons. The summed E-state index contributed by atoms with van der Waals surface area (Å²) in [6.07, 6.45) is 2.88. The molecule has 1 N–H and O–H groups in total. The van der Waals surface area contributed by atoms with Gasteiger partial charge in [0, 0.05) is 29.1 Å². The zero-order valence-electron chi connectivity index (χ0n) is 11.2. The second-order valence-corrected chi connectivity index (χ2v) is 6.92. The van der Waals surface area contributed by atoms with E-state index in [-0.39, 0.29) is 4.90 Å². The number of benzene rings is 1. The van der Waals surface area contributed by atoms with Crippen molar-refractivity contribution in [2.24, 2.45) is 0 Å². The molecular formula is C14H15ClN2O2S. The first kappa shape index (κ1) is 14.8. The Hall–Kier alpha value is -1.59. The van der Waals surface area contributed by atoms with Crippen LogP contribution in [-0.2, 0) is 16.4 Å². The van der Waals surface area contributed by atoms with E-state index in [0.717, 1.165) is 11.4 Å². The molecule has 1 aromatic carbocycles. The van der Waals surface area contributed by atoms with Crippen molar-refractivity contribution < 1.29 is 8.42 Å². The van der Waals surface area contributed by atoms with Crippen LogP contribution >= 0.6 is 11.6 Å². The van der Waals surface area contributed by atoms with Gasteiger partial charge in [0.05, 0.1) is 16.8 Å². The third-order valence-electron chi connectivity index (χ3n) is 2.86. The number of sulfone groups is 1. The molecule has 0 saturated heterocycles. The Morgan fingerprint density at radius 3 is 2.60 bits per heavy atom. The minimum atomic E-state index is -3.31. The molecule has 0 bridgehead atoms. The van der Waals surface area contributed by atoms with Gasteiger partial charge in [-0.15, -0.1) is 0 Å². The summed E-state index contributed by atoms with van der Waals surface area (Å²) in [6, 6.07) is 8.65. The number of hydrogen-bond acceptors (Lipinski definition) is 4. The molecule has 20 heavy (non-hydrogen) atoms. The van der Waals surface area contributed by atoms with Crippen LogP contribution in [0.25, 0.3) is 0 Å². The maximum Gasteiger partial charge on any atom is 0.175 e. The van der Waals surface area contributed by atoms with Crippen LogP contribution in [0.5, 0.6) is 0 Å². The first-order valence-corrected chi connectivity index (χ1v) is 8.29. The van der Waals surface area contributed by atoms with E-state index in [1.807, 2.05) is 19.1 Å². The molecule has 0 spiro atoms. The highest BCUT2D eigenvalue weighted by Crippen LogP contribution is 2.25. The van der Waals surface area contributed by atoms with Gasteiger partial charge in [0.2, 0.25) is 0 Å². The van der Waals surface area contributed by atoms with Gasteiger partial charge in [0.25, 0.3) is 0 Å². The number of halogens is 1. The molecule has 1 aromatic heterocycles. The lowest BCUT2D eigenvalue weighted by Crippen LogP contribution is -2.08. The van der Waals surface area contributed by atoms with E-state index in [0.29, 0.717) is 17.1 Å². The van der Waals surface area contributed by atoms with Gasteiger partial charge in [-0.05, 0) is 31.2 Å². The number of hydrogen-bond donors (Lipinski definition) is 1. The topological polar surface area (TPSA) is 59.1 Å². The maximum absolute atomic E-state index is 11.8. The monoisotopic (exact) mass is 310 g/mol. The summed E-state index contributed by atoms with van der Waals surface area (Å²) in [4.78, 5) is 4.42. The molecule has 2 rings (SSSR count). The number of nitrogens with zero attached hydrogens (tertiary/aromatic N) is 1. The van der Waals surface area contributed by atoms with Crippen LogP contribution in [0.4, 0.5) is 5.69 Å². The molecule has 0 aliphatic heterocycles. The first-order chi connectivity index (χ1) is 9.38. The number of pyridine rings is 1. The molecule has 0 unspecified atom stereocenters. The van der Waals surface area contributed by atoms with E-state index >= 15 is 0 Å². The van der Waals surface area contributed by atoms with Crippen LogP contribution in [0.2, 0.25) is 5.02 Å². The van der Waals surface area contributed by atoms with E-state index in [4.69, 9.17) is 11.6 Å². The van der Waals surface area contributed by atoms with Gasteiger partial charge >= 0.3 is 0 Å². The summed E-state index contributed by atoms with van der Waals surface area (Å²) in [6.45, 7) is 2.23. The van der Waals surface area contributed by atoms with E-state index in [9.17, 15) is 8.42 Å². The van der Waals surface area contributed by atoms with Gasteiger partial charge in [-0.25, -0.2) is 8.42 Å². The number of aryl methyl sites for hydroxylation is 1. The summed E-state index contributed by atoms with van der Waals surface area (Å²) in [5.41, 5.74) is 2.30. The molecule has 0 aliphatic rings. The summed E-state index contributed by atoms with van der Waals surface area (Å²) in [5, 5.41) is 3.56. The van der Waals surface area contributed by atoms with Gasteiger partial charge in [-0.3, -0.25) is 4.98 Å². The van der Waals surface area contributed by atoms with Crippen molar-refractivity contribution in [3.63, 3.8) is 0 Å². The Kier molecular flexibility index (Phi) is 4.30. The summed E-state index contributed by atoms with van der Waals surface area (Å²) in [5.74, 6) is 0. The van der Waals surface area contributed by atoms with Crippen molar-refractivity contribution in [3.05, 3.63) is 52.8 Å². The van der Waals surface area contributed by atoms with Gasteiger partial charge in [-0.2, -0.15) is 0 Å². The molecule has 0 amide bonds. The van der Waals surface area contributed by atoms with E-state index in [1.165, 1.54) is 6.26 Å². The van der Waals surface area contributed by atoms with E-state index in [2.05, 4.69) is 10.3 Å².